The molecule has 4 heteroatoms. The minimum absolute atomic E-state index is 0.243. The summed E-state index contributed by atoms with van der Waals surface area (Å²) in [5.74, 6) is 0.596. The molecule has 0 bridgehead atoms. The summed E-state index contributed by atoms with van der Waals surface area (Å²) in [5.41, 5.74) is 0.538. The fourth-order valence-corrected chi connectivity index (χ4v) is 3.71. The van der Waals surface area contributed by atoms with Crippen molar-refractivity contribution in [2.24, 2.45) is 11.3 Å². The van der Waals surface area contributed by atoms with Crippen LogP contribution < -0.4 is 5.32 Å². The standard InChI is InChI=1S/C17H24F3N/c1-11-7-14(10-16(3,4)9-11)21-13-6-5-12(2)15(8-13)17(18,19)20/h5-6,8,11,14,21H,7,9-10H2,1-4H3. The van der Waals surface area contributed by atoms with Crippen molar-refractivity contribution in [3.05, 3.63) is 29.3 Å². The van der Waals surface area contributed by atoms with Crippen molar-refractivity contribution < 1.29 is 13.2 Å². The van der Waals surface area contributed by atoms with Gasteiger partial charge in [-0.1, -0.05) is 26.8 Å². The van der Waals surface area contributed by atoms with E-state index in [0.29, 0.717) is 11.6 Å². The Labute approximate surface area is 124 Å². The number of nitrogens with one attached hydrogen (secondary N) is 1. The quantitative estimate of drug-likeness (QED) is 0.745. The molecule has 0 radical (unpaired) electrons. The predicted molar refractivity (Wildman–Crippen MR) is 80.4 cm³/mol. The first kappa shape index (κ1) is 16.2. The van der Waals surface area contributed by atoms with Gasteiger partial charge >= 0.3 is 6.18 Å². The van der Waals surface area contributed by atoms with Gasteiger partial charge in [-0.05, 0) is 55.2 Å². The highest BCUT2D eigenvalue weighted by Gasteiger charge is 2.34. The smallest absolute Gasteiger partial charge is 0.382 e. The van der Waals surface area contributed by atoms with Crippen LogP contribution in [0.5, 0.6) is 0 Å². The van der Waals surface area contributed by atoms with Crippen LogP contribution in [0.1, 0.15) is 51.2 Å². The molecule has 1 nitrogen and oxygen atoms in total. The van der Waals surface area contributed by atoms with Crippen LogP contribution in [0.25, 0.3) is 0 Å². The predicted octanol–water partition coefficient (Wildman–Crippen LogP) is 5.64. The van der Waals surface area contributed by atoms with E-state index >= 15 is 0 Å². The van der Waals surface area contributed by atoms with Crippen LogP contribution in [0, 0.1) is 18.3 Å². The highest BCUT2D eigenvalue weighted by molar-refractivity contribution is 5.50. The number of benzene rings is 1. The molecule has 0 spiro atoms. The Morgan fingerprint density at radius 1 is 1.19 bits per heavy atom. The summed E-state index contributed by atoms with van der Waals surface area (Å²) in [5, 5.41) is 3.31. The Morgan fingerprint density at radius 3 is 2.43 bits per heavy atom. The Morgan fingerprint density at radius 2 is 1.86 bits per heavy atom. The fourth-order valence-electron chi connectivity index (χ4n) is 3.71. The van der Waals surface area contributed by atoms with Gasteiger partial charge in [0.25, 0.3) is 0 Å². The Bertz CT molecular complexity index is 505. The number of aryl methyl sites for hydroxylation is 1. The van der Waals surface area contributed by atoms with Crippen molar-refractivity contribution in [2.75, 3.05) is 5.32 Å². The second kappa shape index (κ2) is 5.54. The average molecular weight is 299 g/mol. The summed E-state index contributed by atoms with van der Waals surface area (Å²) in [6.07, 6.45) is -1.11. The molecule has 2 atom stereocenters. The fraction of sp³-hybridized carbons (Fsp3) is 0.647. The lowest BCUT2D eigenvalue weighted by Gasteiger charge is -2.39. The minimum Gasteiger partial charge on any atom is -0.382 e. The van der Waals surface area contributed by atoms with Crippen LogP contribution >= 0.6 is 0 Å². The van der Waals surface area contributed by atoms with Crippen molar-refractivity contribution in [3.63, 3.8) is 0 Å². The van der Waals surface area contributed by atoms with Gasteiger partial charge in [0.15, 0.2) is 0 Å². The maximum atomic E-state index is 13.0. The van der Waals surface area contributed by atoms with Crippen molar-refractivity contribution in [3.8, 4) is 0 Å². The molecular formula is C17H24F3N. The molecule has 118 valence electrons. The van der Waals surface area contributed by atoms with Crippen LogP contribution in [0.2, 0.25) is 0 Å². The van der Waals surface area contributed by atoms with Gasteiger partial charge < -0.3 is 5.32 Å². The van der Waals surface area contributed by atoms with Crippen molar-refractivity contribution >= 4 is 5.69 Å². The normalized spacial score (nSPS) is 25.7. The lowest BCUT2D eigenvalue weighted by atomic mass is 9.70. The van der Waals surface area contributed by atoms with E-state index in [2.05, 4.69) is 26.1 Å². The molecule has 1 aromatic rings. The molecule has 2 unspecified atom stereocenters. The van der Waals surface area contributed by atoms with Gasteiger partial charge in [0, 0.05) is 11.7 Å². The molecule has 0 saturated heterocycles. The summed E-state index contributed by atoms with van der Waals surface area (Å²) >= 11 is 0. The number of hydrogen-bond acceptors (Lipinski definition) is 1. The maximum Gasteiger partial charge on any atom is 0.416 e. The van der Waals surface area contributed by atoms with Crippen molar-refractivity contribution in [1.82, 2.24) is 0 Å². The zero-order valence-electron chi connectivity index (χ0n) is 13.1. The second-order valence-corrected chi connectivity index (χ2v) is 7.28. The number of hydrogen-bond donors (Lipinski definition) is 1. The molecule has 0 aliphatic heterocycles. The third kappa shape index (κ3) is 4.14. The molecule has 21 heavy (non-hydrogen) atoms. The third-order valence-corrected chi connectivity index (χ3v) is 4.30. The summed E-state index contributed by atoms with van der Waals surface area (Å²) in [4.78, 5) is 0. The first-order valence-electron chi connectivity index (χ1n) is 7.51. The molecule has 1 N–H and O–H groups in total. The van der Waals surface area contributed by atoms with E-state index in [1.807, 2.05) is 0 Å². The molecule has 0 heterocycles. The Hall–Kier alpha value is -1.19. The van der Waals surface area contributed by atoms with Crippen LogP contribution in [-0.2, 0) is 6.18 Å². The van der Waals surface area contributed by atoms with E-state index in [-0.39, 0.29) is 17.0 Å². The van der Waals surface area contributed by atoms with Gasteiger partial charge in [-0.25, -0.2) is 0 Å². The summed E-state index contributed by atoms with van der Waals surface area (Å²) in [6, 6.07) is 4.77. The SMILES string of the molecule is Cc1ccc(NC2CC(C)CC(C)(C)C2)cc1C(F)(F)F. The Kier molecular flexibility index (Phi) is 4.27. The second-order valence-electron chi connectivity index (χ2n) is 7.28. The molecule has 1 fully saturated rings. The first-order chi connectivity index (χ1) is 9.57. The summed E-state index contributed by atoms with van der Waals surface area (Å²) in [6.45, 7) is 8.17. The lowest BCUT2D eigenvalue weighted by molar-refractivity contribution is -0.138. The van der Waals surface area contributed by atoms with E-state index < -0.39 is 11.7 Å². The number of halogens is 3. The van der Waals surface area contributed by atoms with Crippen molar-refractivity contribution in [1.29, 1.82) is 0 Å². The molecular weight excluding hydrogens is 275 g/mol. The molecule has 1 saturated carbocycles. The summed E-state index contributed by atoms with van der Waals surface area (Å²) in [7, 11) is 0. The third-order valence-electron chi connectivity index (χ3n) is 4.30. The monoisotopic (exact) mass is 299 g/mol. The number of anilines is 1. The topological polar surface area (TPSA) is 12.0 Å². The van der Waals surface area contributed by atoms with E-state index in [9.17, 15) is 13.2 Å². The van der Waals surface area contributed by atoms with Gasteiger partial charge in [-0.15, -0.1) is 0 Å². The van der Waals surface area contributed by atoms with Crippen LogP contribution in [-0.4, -0.2) is 6.04 Å². The highest BCUT2D eigenvalue weighted by Crippen LogP contribution is 2.40. The van der Waals surface area contributed by atoms with E-state index in [0.717, 1.165) is 12.8 Å². The summed E-state index contributed by atoms with van der Waals surface area (Å²) < 4.78 is 38.9. The lowest BCUT2D eigenvalue weighted by Crippen LogP contribution is -2.35. The van der Waals surface area contributed by atoms with Crippen molar-refractivity contribution in [2.45, 2.75) is 59.2 Å². The largest absolute Gasteiger partial charge is 0.416 e. The molecule has 1 aliphatic rings. The van der Waals surface area contributed by atoms with Gasteiger partial charge in [-0.2, -0.15) is 13.2 Å². The van der Waals surface area contributed by atoms with E-state index in [4.69, 9.17) is 0 Å². The highest BCUT2D eigenvalue weighted by atomic mass is 19.4. The number of alkyl halides is 3. The van der Waals surface area contributed by atoms with Crippen LogP contribution in [0.15, 0.2) is 18.2 Å². The van der Waals surface area contributed by atoms with E-state index in [1.54, 1.807) is 12.1 Å². The first-order valence-corrected chi connectivity index (χ1v) is 7.51. The van der Waals surface area contributed by atoms with Gasteiger partial charge in [0.1, 0.15) is 0 Å². The Balaban J connectivity index is 2.17. The van der Waals surface area contributed by atoms with Gasteiger partial charge in [-0.3, -0.25) is 0 Å². The maximum absolute atomic E-state index is 13.0. The molecule has 0 amide bonds. The van der Waals surface area contributed by atoms with Crippen LogP contribution in [0.3, 0.4) is 0 Å². The zero-order valence-corrected chi connectivity index (χ0v) is 13.1. The van der Waals surface area contributed by atoms with Crippen LogP contribution in [0.4, 0.5) is 18.9 Å². The average Bonchev–Trinajstić information content (AvgIpc) is 2.27. The molecule has 0 aromatic heterocycles. The minimum atomic E-state index is -4.29. The zero-order chi connectivity index (χ0) is 15.8. The van der Waals surface area contributed by atoms with Gasteiger partial charge in [0.05, 0.1) is 5.56 Å². The molecule has 1 aliphatic carbocycles. The van der Waals surface area contributed by atoms with Gasteiger partial charge in [0.2, 0.25) is 0 Å². The molecule has 1 aromatic carbocycles. The molecule has 2 rings (SSSR count). The van der Waals surface area contributed by atoms with E-state index in [1.165, 1.54) is 19.4 Å². The number of rotatable bonds is 2.